The van der Waals surface area contributed by atoms with E-state index in [4.69, 9.17) is 0 Å². The first-order valence-electron chi connectivity index (χ1n) is 10.1. The largest absolute Gasteiger partial charge is 0.162 e. The molecule has 0 unspecified atom stereocenters. The maximum Gasteiger partial charge on any atom is -0.00675 e. The van der Waals surface area contributed by atoms with Gasteiger partial charge in [0.25, 0.3) is 0 Å². The van der Waals surface area contributed by atoms with Gasteiger partial charge < -0.3 is 0 Å². The molecule has 1 heteroatoms. The summed E-state index contributed by atoms with van der Waals surface area (Å²) in [6, 6.07) is 0. The van der Waals surface area contributed by atoms with Gasteiger partial charge in [-0.3, -0.25) is 0 Å². The van der Waals surface area contributed by atoms with Crippen LogP contribution in [0.2, 0.25) is 0 Å². The minimum Gasteiger partial charge on any atom is -0.162 e. The van der Waals surface area contributed by atoms with Crippen LogP contribution in [0.5, 0.6) is 0 Å². The van der Waals surface area contributed by atoms with E-state index in [0.717, 1.165) is 0 Å². The van der Waals surface area contributed by atoms with Crippen molar-refractivity contribution in [1.82, 2.24) is 0 Å². The molecule has 0 amide bonds. The number of rotatable bonds is 0. The van der Waals surface area contributed by atoms with E-state index in [9.17, 15) is 0 Å². The highest BCUT2D eigenvalue weighted by Crippen LogP contribution is 2.16. The Morgan fingerprint density at radius 2 is 0.429 bits per heavy atom. The SMILES string of the molecule is C1CCCCCCCCCCSCCCCCCCCC1. The van der Waals surface area contributed by atoms with Gasteiger partial charge in [0.2, 0.25) is 0 Å². The fraction of sp³-hybridized carbons (Fsp3) is 1.00. The molecule has 0 aromatic heterocycles. The number of hydrogen-bond donors (Lipinski definition) is 0. The molecule has 1 rings (SSSR count). The molecule has 0 N–H and O–H groups in total. The lowest BCUT2D eigenvalue weighted by atomic mass is 10.0. The van der Waals surface area contributed by atoms with Crippen molar-refractivity contribution < 1.29 is 0 Å². The van der Waals surface area contributed by atoms with E-state index in [-0.39, 0.29) is 0 Å². The Morgan fingerprint density at radius 3 is 0.667 bits per heavy atom. The summed E-state index contributed by atoms with van der Waals surface area (Å²) in [5.41, 5.74) is 0. The van der Waals surface area contributed by atoms with Gasteiger partial charge in [-0.2, -0.15) is 11.8 Å². The highest BCUT2D eigenvalue weighted by atomic mass is 32.2. The van der Waals surface area contributed by atoms with Crippen molar-refractivity contribution in [2.24, 2.45) is 0 Å². The predicted molar refractivity (Wildman–Crippen MR) is 100 cm³/mol. The Bertz CT molecular complexity index is 98.0. The average Bonchev–Trinajstić information content (AvgIpc) is 2.50. The average molecular weight is 313 g/mol. The third kappa shape index (κ3) is 15.0. The molecule has 0 bridgehead atoms. The minimum atomic E-state index is 1.42. The number of hydrogen-bond acceptors (Lipinski definition) is 1. The molecule has 0 aliphatic carbocycles. The van der Waals surface area contributed by atoms with Crippen molar-refractivity contribution in [3.8, 4) is 0 Å². The second kappa shape index (κ2) is 16.7. The number of thioether (sulfide) groups is 1. The predicted octanol–water partition coefficient (Wildman–Crippen LogP) is 7.76. The zero-order valence-corrected chi connectivity index (χ0v) is 15.4. The first-order valence-corrected chi connectivity index (χ1v) is 11.2. The Kier molecular flexibility index (Phi) is 15.4. The van der Waals surface area contributed by atoms with Gasteiger partial charge in [0.15, 0.2) is 0 Å². The zero-order valence-electron chi connectivity index (χ0n) is 14.6. The molecule has 126 valence electrons. The standard InChI is InChI=1S/C20H40S/c1-2-4-6-8-10-12-14-16-18-20-21-19-17-15-13-11-9-7-5-3-1/h1-20H2. The normalized spacial score (nSPS) is 24.0. The molecular weight excluding hydrogens is 272 g/mol. The highest BCUT2D eigenvalue weighted by Gasteiger charge is 1.97. The van der Waals surface area contributed by atoms with Crippen molar-refractivity contribution in [2.75, 3.05) is 11.5 Å². The van der Waals surface area contributed by atoms with Gasteiger partial charge in [-0.1, -0.05) is 103 Å². The summed E-state index contributed by atoms with van der Waals surface area (Å²) in [4.78, 5) is 0. The Hall–Kier alpha value is 0.350. The van der Waals surface area contributed by atoms with Crippen LogP contribution in [-0.2, 0) is 0 Å². The van der Waals surface area contributed by atoms with E-state index < -0.39 is 0 Å². The van der Waals surface area contributed by atoms with E-state index in [0.29, 0.717) is 0 Å². The minimum absolute atomic E-state index is 1.42. The van der Waals surface area contributed by atoms with Gasteiger partial charge >= 0.3 is 0 Å². The molecule has 0 nitrogen and oxygen atoms in total. The maximum atomic E-state index is 2.21. The van der Waals surface area contributed by atoms with Crippen LogP contribution in [0.25, 0.3) is 0 Å². The van der Waals surface area contributed by atoms with Gasteiger partial charge in [0.05, 0.1) is 0 Å². The van der Waals surface area contributed by atoms with Crippen LogP contribution >= 0.6 is 11.8 Å². The molecule has 0 atom stereocenters. The van der Waals surface area contributed by atoms with E-state index in [1.165, 1.54) is 127 Å². The van der Waals surface area contributed by atoms with Crippen LogP contribution < -0.4 is 0 Å². The second-order valence-electron chi connectivity index (χ2n) is 6.98. The maximum absolute atomic E-state index is 2.21. The molecule has 1 aliphatic rings. The van der Waals surface area contributed by atoms with E-state index >= 15 is 0 Å². The lowest BCUT2D eigenvalue weighted by Gasteiger charge is -2.03. The molecule has 1 heterocycles. The van der Waals surface area contributed by atoms with Crippen LogP contribution in [-0.4, -0.2) is 11.5 Å². The fourth-order valence-electron chi connectivity index (χ4n) is 3.34. The summed E-state index contributed by atoms with van der Waals surface area (Å²) in [5, 5.41) is 0. The smallest absolute Gasteiger partial charge is 0.00675 e. The van der Waals surface area contributed by atoms with E-state index in [1.807, 2.05) is 0 Å². The molecular formula is C20H40S. The first kappa shape index (κ1) is 19.4. The Labute approximate surface area is 139 Å². The second-order valence-corrected chi connectivity index (χ2v) is 8.20. The Morgan fingerprint density at radius 1 is 0.238 bits per heavy atom. The molecule has 0 aromatic carbocycles. The van der Waals surface area contributed by atoms with Crippen LogP contribution in [0.4, 0.5) is 0 Å². The summed E-state index contributed by atoms with van der Waals surface area (Å²) < 4.78 is 0. The molecule has 1 aliphatic heterocycles. The first-order chi connectivity index (χ1) is 10.5. The topological polar surface area (TPSA) is 0 Å². The quantitative estimate of drug-likeness (QED) is 0.440. The van der Waals surface area contributed by atoms with Crippen LogP contribution in [0, 0.1) is 0 Å². The van der Waals surface area contributed by atoms with Gasteiger partial charge in [-0.25, -0.2) is 0 Å². The summed E-state index contributed by atoms with van der Waals surface area (Å²) in [6.07, 6.45) is 26.8. The third-order valence-corrected chi connectivity index (χ3v) is 5.98. The molecule has 0 saturated carbocycles. The summed E-state index contributed by atoms with van der Waals surface area (Å²) in [6.45, 7) is 0. The van der Waals surface area contributed by atoms with Gasteiger partial charge in [0, 0.05) is 0 Å². The monoisotopic (exact) mass is 312 g/mol. The van der Waals surface area contributed by atoms with Crippen molar-refractivity contribution in [2.45, 2.75) is 116 Å². The molecule has 0 radical (unpaired) electrons. The fourth-order valence-corrected chi connectivity index (χ4v) is 4.36. The van der Waals surface area contributed by atoms with E-state index in [2.05, 4.69) is 11.8 Å². The van der Waals surface area contributed by atoms with Crippen molar-refractivity contribution in [1.29, 1.82) is 0 Å². The van der Waals surface area contributed by atoms with Gasteiger partial charge in [-0.15, -0.1) is 0 Å². The summed E-state index contributed by atoms with van der Waals surface area (Å²) >= 11 is 2.21. The molecule has 0 aromatic rings. The van der Waals surface area contributed by atoms with Crippen LogP contribution in [0.3, 0.4) is 0 Å². The van der Waals surface area contributed by atoms with Crippen molar-refractivity contribution >= 4 is 11.8 Å². The summed E-state index contributed by atoms with van der Waals surface area (Å²) in [7, 11) is 0. The van der Waals surface area contributed by atoms with Gasteiger partial charge in [-0.05, 0) is 24.3 Å². The highest BCUT2D eigenvalue weighted by molar-refractivity contribution is 7.99. The summed E-state index contributed by atoms with van der Waals surface area (Å²) in [5.74, 6) is 2.83. The van der Waals surface area contributed by atoms with Crippen molar-refractivity contribution in [3.05, 3.63) is 0 Å². The lowest BCUT2D eigenvalue weighted by Crippen LogP contribution is -1.87. The lowest BCUT2D eigenvalue weighted by molar-refractivity contribution is 0.527. The van der Waals surface area contributed by atoms with E-state index in [1.54, 1.807) is 0 Å². The van der Waals surface area contributed by atoms with Crippen LogP contribution in [0.15, 0.2) is 0 Å². The van der Waals surface area contributed by atoms with Crippen molar-refractivity contribution in [3.63, 3.8) is 0 Å². The molecule has 1 saturated heterocycles. The van der Waals surface area contributed by atoms with Crippen LogP contribution in [0.1, 0.15) is 116 Å². The molecule has 21 heavy (non-hydrogen) atoms. The Balaban J connectivity index is 2.00. The molecule has 0 spiro atoms. The third-order valence-electron chi connectivity index (χ3n) is 4.83. The zero-order chi connectivity index (χ0) is 14.8. The van der Waals surface area contributed by atoms with Gasteiger partial charge in [0.1, 0.15) is 0 Å². The molecule has 1 fully saturated rings.